The molecule has 3 nitrogen and oxygen atoms in total. The summed E-state index contributed by atoms with van der Waals surface area (Å²) >= 11 is 0. The lowest BCUT2D eigenvalue weighted by Crippen LogP contribution is -2.24. The van der Waals surface area contributed by atoms with Crippen molar-refractivity contribution in [3.63, 3.8) is 0 Å². The summed E-state index contributed by atoms with van der Waals surface area (Å²) in [6.45, 7) is 7.11. The van der Waals surface area contributed by atoms with E-state index in [-0.39, 0.29) is 5.41 Å². The van der Waals surface area contributed by atoms with Gasteiger partial charge >= 0.3 is 0 Å². The van der Waals surface area contributed by atoms with Crippen LogP contribution in [0.1, 0.15) is 50.8 Å². The molecule has 0 aromatic heterocycles. The largest absolute Gasteiger partial charge is 0.496 e. The highest BCUT2D eigenvalue weighted by Crippen LogP contribution is 2.31. The number of hydrogen-bond acceptors (Lipinski definition) is 3. The predicted octanol–water partition coefficient (Wildman–Crippen LogP) is 2.78. The molecule has 19 heavy (non-hydrogen) atoms. The number of hydrogen-bond donors (Lipinski definition) is 2. The monoisotopic (exact) mass is 263 g/mol. The van der Waals surface area contributed by atoms with E-state index in [0.29, 0.717) is 12.6 Å². The summed E-state index contributed by atoms with van der Waals surface area (Å²) in [5.74, 6) is 0.762. The Balaban J connectivity index is 2.19. The number of aliphatic hydroxyl groups is 1. The van der Waals surface area contributed by atoms with Gasteiger partial charge in [-0.15, -0.1) is 0 Å². The molecule has 0 amide bonds. The normalized spacial score (nSPS) is 17.3. The smallest absolute Gasteiger partial charge is 0.124 e. The maximum Gasteiger partial charge on any atom is 0.124 e. The minimum atomic E-state index is -0.516. The summed E-state index contributed by atoms with van der Waals surface area (Å²) in [5.41, 5.74) is 2.17. The van der Waals surface area contributed by atoms with Crippen LogP contribution in [-0.2, 0) is 5.41 Å². The minimum Gasteiger partial charge on any atom is -0.496 e. The number of rotatable bonds is 5. The van der Waals surface area contributed by atoms with E-state index in [9.17, 15) is 5.11 Å². The Bertz CT molecular complexity index is 433. The van der Waals surface area contributed by atoms with Crippen molar-refractivity contribution >= 4 is 0 Å². The Morgan fingerprint density at radius 1 is 1.37 bits per heavy atom. The lowest BCUT2D eigenvalue weighted by molar-refractivity contribution is 0.170. The van der Waals surface area contributed by atoms with Crippen molar-refractivity contribution in [1.82, 2.24) is 5.32 Å². The van der Waals surface area contributed by atoms with Crippen LogP contribution in [0.15, 0.2) is 18.2 Å². The third kappa shape index (κ3) is 3.71. The summed E-state index contributed by atoms with van der Waals surface area (Å²) in [6.07, 6.45) is 1.94. The molecule has 0 heterocycles. The van der Waals surface area contributed by atoms with Crippen LogP contribution >= 0.6 is 0 Å². The van der Waals surface area contributed by atoms with Crippen molar-refractivity contribution < 1.29 is 9.84 Å². The molecule has 1 atom stereocenters. The van der Waals surface area contributed by atoms with E-state index < -0.39 is 6.10 Å². The SMILES string of the molecule is COc1ccc(C(C)(C)C)cc1C(O)CNC1CC1. The van der Waals surface area contributed by atoms with Crippen LogP contribution in [0, 0.1) is 0 Å². The number of benzene rings is 1. The standard InChI is InChI=1S/C16H25NO2/c1-16(2,3)11-5-8-15(19-4)13(9-11)14(18)10-17-12-6-7-12/h5,8-9,12,14,17-18H,6-7,10H2,1-4H3. The summed E-state index contributed by atoms with van der Waals surface area (Å²) in [6, 6.07) is 6.70. The lowest BCUT2D eigenvalue weighted by atomic mass is 9.85. The van der Waals surface area contributed by atoms with Gasteiger partial charge in [0.15, 0.2) is 0 Å². The molecule has 0 saturated heterocycles. The minimum absolute atomic E-state index is 0.0741. The van der Waals surface area contributed by atoms with Gasteiger partial charge in [0.05, 0.1) is 13.2 Å². The molecule has 1 unspecified atom stereocenters. The second kappa shape index (κ2) is 5.51. The third-order valence-corrected chi connectivity index (χ3v) is 3.63. The van der Waals surface area contributed by atoms with Crippen molar-refractivity contribution in [2.24, 2.45) is 0 Å². The summed E-state index contributed by atoms with van der Waals surface area (Å²) in [5, 5.41) is 13.7. The van der Waals surface area contributed by atoms with Crippen LogP contribution < -0.4 is 10.1 Å². The van der Waals surface area contributed by atoms with Crippen LogP contribution in [0.4, 0.5) is 0 Å². The molecule has 1 saturated carbocycles. The Labute approximate surface area is 116 Å². The van der Waals surface area contributed by atoms with Gasteiger partial charge < -0.3 is 15.2 Å². The van der Waals surface area contributed by atoms with Crippen molar-refractivity contribution in [2.75, 3.05) is 13.7 Å². The van der Waals surface area contributed by atoms with E-state index >= 15 is 0 Å². The highest BCUT2D eigenvalue weighted by atomic mass is 16.5. The van der Waals surface area contributed by atoms with E-state index in [1.54, 1.807) is 7.11 Å². The van der Waals surface area contributed by atoms with Crippen LogP contribution in [-0.4, -0.2) is 24.8 Å². The van der Waals surface area contributed by atoms with Gasteiger partial charge in [0.25, 0.3) is 0 Å². The molecular weight excluding hydrogens is 238 g/mol. The van der Waals surface area contributed by atoms with Gasteiger partial charge in [-0.25, -0.2) is 0 Å². The van der Waals surface area contributed by atoms with Gasteiger partial charge in [0.1, 0.15) is 5.75 Å². The quantitative estimate of drug-likeness (QED) is 0.858. The summed E-state index contributed by atoms with van der Waals surface area (Å²) < 4.78 is 5.37. The Kier molecular flexibility index (Phi) is 4.16. The van der Waals surface area contributed by atoms with Crippen LogP contribution in [0.2, 0.25) is 0 Å². The molecule has 0 spiro atoms. The lowest BCUT2D eigenvalue weighted by Gasteiger charge is -2.23. The number of ether oxygens (including phenoxy) is 1. The Hall–Kier alpha value is -1.06. The fourth-order valence-electron chi connectivity index (χ4n) is 2.14. The average molecular weight is 263 g/mol. The van der Waals surface area contributed by atoms with Gasteiger partial charge in [-0.05, 0) is 36.0 Å². The molecule has 2 N–H and O–H groups in total. The Morgan fingerprint density at radius 2 is 2.05 bits per heavy atom. The van der Waals surface area contributed by atoms with Gasteiger partial charge in [0.2, 0.25) is 0 Å². The number of aliphatic hydroxyl groups excluding tert-OH is 1. The predicted molar refractivity (Wildman–Crippen MR) is 77.7 cm³/mol. The second-order valence-electron chi connectivity index (χ2n) is 6.41. The number of nitrogens with one attached hydrogen (secondary N) is 1. The molecule has 1 fully saturated rings. The first-order valence-corrected chi connectivity index (χ1v) is 7.01. The molecule has 0 radical (unpaired) electrons. The van der Waals surface area contributed by atoms with Crippen LogP contribution in [0.5, 0.6) is 5.75 Å². The molecule has 1 aliphatic carbocycles. The zero-order valence-electron chi connectivity index (χ0n) is 12.4. The van der Waals surface area contributed by atoms with Gasteiger partial charge in [-0.3, -0.25) is 0 Å². The molecule has 1 aromatic rings. The van der Waals surface area contributed by atoms with Crippen molar-refractivity contribution in [3.8, 4) is 5.75 Å². The molecule has 0 aliphatic heterocycles. The molecule has 1 aliphatic rings. The maximum atomic E-state index is 10.4. The van der Waals surface area contributed by atoms with Crippen molar-refractivity contribution in [2.45, 2.75) is 51.2 Å². The third-order valence-electron chi connectivity index (χ3n) is 3.63. The fourth-order valence-corrected chi connectivity index (χ4v) is 2.14. The van der Waals surface area contributed by atoms with Crippen LogP contribution in [0.25, 0.3) is 0 Å². The maximum absolute atomic E-state index is 10.4. The molecule has 3 heteroatoms. The Morgan fingerprint density at radius 3 is 2.58 bits per heavy atom. The highest BCUT2D eigenvalue weighted by Gasteiger charge is 2.24. The van der Waals surface area contributed by atoms with E-state index in [1.165, 1.54) is 18.4 Å². The molecule has 2 rings (SSSR count). The van der Waals surface area contributed by atoms with Gasteiger partial charge in [-0.1, -0.05) is 26.8 Å². The first-order valence-electron chi connectivity index (χ1n) is 7.01. The molecule has 1 aromatic carbocycles. The highest BCUT2D eigenvalue weighted by molar-refractivity contribution is 5.41. The van der Waals surface area contributed by atoms with Gasteiger partial charge in [0, 0.05) is 18.2 Å². The number of methoxy groups -OCH3 is 1. The molecular formula is C16H25NO2. The first-order chi connectivity index (χ1) is 8.91. The first kappa shape index (κ1) is 14.4. The van der Waals surface area contributed by atoms with Crippen molar-refractivity contribution in [3.05, 3.63) is 29.3 Å². The molecule has 106 valence electrons. The average Bonchev–Trinajstić information content (AvgIpc) is 3.18. The van der Waals surface area contributed by atoms with Crippen LogP contribution in [0.3, 0.4) is 0 Å². The summed E-state index contributed by atoms with van der Waals surface area (Å²) in [4.78, 5) is 0. The summed E-state index contributed by atoms with van der Waals surface area (Å²) in [7, 11) is 1.65. The van der Waals surface area contributed by atoms with Crippen molar-refractivity contribution in [1.29, 1.82) is 0 Å². The zero-order chi connectivity index (χ0) is 14.0. The van der Waals surface area contributed by atoms with E-state index in [1.807, 2.05) is 6.07 Å². The van der Waals surface area contributed by atoms with E-state index in [2.05, 4.69) is 38.2 Å². The second-order valence-corrected chi connectivity index (χ2v) is 6.41. The van der Waals surface area contributed by atoms with E-state index in [0.717, 1.165) is 11.3 Å². The topological polar surface area (TPSA) is 41.5 Å². The van der Waals surface area contributed by atoms with Gasteiger partial charge in [-0.2, -0.15) is 0 Å². The fraction of sp³-hybridized carbons (Fsp3) is 0.625. The zero-order valence-corrected chi connectivity index (χ0v) is 12.4. The van der Waals surface area contributed by atoms with E-state index in [4.69, 9.17) is 4.74 Å². The molecule has 0 bridgehead atoms.